The zero-order chi connectivity index (χ0) is 23.7. The number of ether oxygens (including phenoxy) is 1. The SMILES string of the molecule is C=Cc1cc(F)c(-c2ncnc3cc(N4CCOCC4)ccc23)cc1C(=C)c1ccc(=O)[nH]n1. The number of rotatable bonds is 5. The summed E-state index contributed by atoms with van der Waals surface area (Å²) in [5, 5.41) is 7.20. The molecule has 0 bridgehead atoms. The standard InChI is InChI=1S/C26H22FN5O2/c1-3-17-12-22(27)21(14-20(17)16(2)23-6-7-25(33)31-30-23)26-19-5-4-18(13-24(19)28-15-29-26)32-8-10-34-11-9-32/h3-7,12-15H,1-2,8-11H2,(H,31,33). The number of aromatic nitrogens is 4. The smallest absolute Gasteiger partial charge is 0.264 e. The third-order valence-electron chi connectivity index (χ3n) is 5.92. The van der Waals surface area contributed by atoms with Gasteiger partial charge in [-0.3, -0.25) is 4.79 Å². The molecule has 0 radical (unpaired) electrons. The molecule has 2 aromatic heterocycles. The predicted octanol–water partition coefficient (Wildman–Crippen LogP) is 4.06. The van der Waals surface area contributed by atoms with Crippen LogP contribution in [-0.2, 0) is 4.74 Å². The van der Waals surface area contributed by atoms with Gasteiger partial charge in [0.1, 0.15) is 12.1 Å². The average molecular weight is 455 g/mol. The number of benzene rings is 2. The summed E-state index contributed by atoms with van der Waals surface area (Å²) in [7, 11) is 0. The predicted molar refractivity (Wildman–Crippen MR) is 131 cm³/mol. The molecule has 7 nitrogen and oxygen atoms in total. The van der Waals surface area contributed by atoms with Crippen LogP contribution in [0.2, 0.25) is 0 Å². The third kappa shape index (κ3) is 3.99. The van der Waals surface area contributed by atoms with Gasteiger partial charge in [0.2, 0.25) is 0 Å². The highest BCUT2D eigenvalue weighted by Gasteiger charge is 2.18. The Morgan fingerprint density at radius 2 is 1.94 bits per heavy atom. The van der Waals surface area contributed by atoms with Crippen LogP contribution in [0.15, 0.2) is 66.7 Å². The molecule has 0 amide bonds. The van der Waals surface area contributed by atoms with Gasteiger partial charge in [-0.15, -0.1) is 0 Å². The van der Waals surface area contributed by atoms with Crippen LogP contribution >= 0.6 is 0 Å². The minimum atomic E-state index is -0.432. The molecule has 0 aliphatic carbocycles. The van der Waals surface area contributed by atoms with Crippen molar-refractivity contribution in [2.45, 2.75) is 0 Å². The second-order valence-electron chi connectivity index (χ2n) is 7.93. The quantitative estimate of drug-likeness (QED) is 0.489. The van der Waals surface area contributed by atoms with E-state index in [1.807, 2.05) is 18.2 Å². The van der Waals surface area contributed by atoms with Gasteiger partial charge in [-0.1, -0.05) is 19.2 Å². The fourth-order valence-corrected chi connectivity index (χ4v) is 4.13. The van der Waals surface area contributed by atoms with Crippen molar-refractivity contribution in [1.82, 2.24) is 20.2 Å². The number of nitrogens with one attached hydrogen (secondary N) is 1. The number of aromatic amines is 1. The zero-order valence-electron chi connectivity index (χ0n) is 18.4. The van der Waals surface area contributed by atoms with Gasteiger partial charge in [0, 0.05) is 41.4 Å². The topological polar surface area (TPSA) is 84.0 Å². The van der Waals surface area contributed by atoms with Gasteiger partial charge in [0.15, 0.2) is 0 Å². The average Bonchev–Trinajstić information content (AvgIpc) is 2.88. The van der Waals surface area contributed by atoms with Crippen LogP contribution in [0, 0.1) is 5.82 Å². The fraction of sp³-hybridized carbons (Fsp3) is 0.154. The highest BCUT2D eigenvalue weighted by Crippen LogP contribution is 2.34. The van der Waals surface area contributed by atoms with Crippen molar-refractivity contribution in [3.8, 4) is 11.3 Å². The van der Waals surface area contributed by atoms with Crippen LogP contribution in [0.25, 0.3) is 33.8 Å². The summed E-state index contributed by atoms with van der Waals surface area (Å²) in [6.07, 6.45) is 3.01. The maximum atomic E-state index is 15.3. The van der Waals surface area contributed by atoms with Crippen molar-refractivity contribution in [2.24, 2.45) is 0 Å². The summed E-state index contributed by atoms with van der Waals surface area (Å²) in [5.41, 5.74) is 4.46. The Kier molecular flexibility index (Phi) is 5.73. The molecular weight excluding hydrogens is 433 g/mol. The van der Waals surface area contributed by atoms with E-state index in [0.29, 0.717) is 46.9 Å². The molecule has 1 aliphatic heterocycles. The normalized spacial score (nSPS) is 13.7. The van der Waals surface area contributed by atoms with Gasteiger partial charge in [-0.2, -0.15) is 5.10 Å². The van der Waals surface area contributed by atoms with E-state index in [1.165, 1.54) is 18.5 Å². The minimum Gasteiger partial charge on any atom is -0.378 e. The molecule has 0 saturated carbocycles. The van der Waals surface area contributed by atoms with Crippen molar-refractivity contribution in [1.29, 1.82) is 0 Å². The van der Waals surface area contributed by atoms with Crippen molar-refractivity contribution in [2.75, 3.05) is 31.2 Å². The molecule has 0 atom stereocenters. The van der Waals surface area contributed by atoms with E-state index < -0.39 is 5.82 Å². The van der Waals surface area contributed by atoms with Gasteiger partial charge in [0.25, 0.3) is 5.56 Å². The van der Waals surface area contributed by atoms with E-state index in [9.17, 15) is 4.79 Å². The van der Waals surface area contributed by atoms with E-state index in [0.717, 1.165) is 29.7 Å². The Morgan fingerprint density at radius 1 is 1.12 bits per heavy atom. The fourth-order valence-electron chi connectivity index (χ4n) is 4.13. The van der Waals surface area contributed by atoms with Crippen LogP contribution in [0.1, 0.15) is 16.8 Å². The van der Waals surface area contributed by atoms with Gasteiger partial charge in [-0.05, 0) is 47.5 Å². The lowest BCUT2D eigenvalue weighted by Crippen LogP contribution is -2.36. The Bertz CT molecular complexity index is 1450. The number of nitrogens with zero attached hydrogens (tertiary/aromatic N) is 4. The summed E-state index contributed by atoms with van der Waals surface area (Å²) in [5.74, 6) is -0.432. The number of anilines is 1. The first-order valence-corrected chi connectivity index (χ1v) is 10.8. The van der Waals surface area contributed by atoms with Crippen LogP contribution in [0.5, 0.6) is 0 Å². The van der Waals surface area contributed by atoms with Gasteiger partial charge < -0.3 is 9.64 Å². The van der Waals surface area contributed by atoms with Crippen LogP contribution in [-0.4, -0.2) is 46.5 Å². The number of hydrogen-bond donors (Lipinski definition) is 1. The molecule has 8 heteroatoms. The molecule has 1 fully saturated rings. The molecule has 34 heavy (non-hydrogen) atoms. The summed E-state index contributed by atoms with van der Waals surface area (Å²) in [4.78, 5) is 22.5. The maximum absolute atomic E-state index is 15.3. The molecule has 170 valence electrons. The van der Waals surface area contributed by atoms with Gasteiger partial charge >= 0.3 is 0 Å². The number of morpholine rings is 1. The first kappa shape index (κ1) is 21.7. The van der Waals surface area contributed by atoms with Crippen LogP contribution in [0.4, 0.5) is 10.1 Å². The summed E-state index contributed by atoms with van der Waals surface area (Å²) in [6, 6.07) is 12.0. The molecule has 3 heterocycles. The van der Waals surface area contributed by atoms with Crippen molar-refractivity contribution >= 4 is 28.2 Å². The summed E-state index contributed by atoms with van der Waals surface area (Å²) < 4.78 is 20.7. The van der Waals surface area contributed by atoms with Crippen molar-refractivity contribution in [3.05, 3.63) is 94.9 Å². The lowest BCUT2D eigenvalue weighted by atomic mass is 9.93. The molecule has 2 aromatic carbocycles. The summed E-state index contributed by atoms with van der Waals surface area (Å²) >= 11 is 0. The Balaban J connectivity index is 1.61. The second-order valence-corrected chi connectivity index (χ2v) is 7.93. The van der Waals surface area contributed by atoms with E-state index in [4.69, 9.17) is 4.74 Å². The zero-order valence-corrected chi connectivity index (χ0v) is 18.4. The summed E-state index contributed by atoms with van der Waals surface area (Å²) in [6.45, 7) is 10.9. The van der Waals surface area contributed by atoms with Crippen LogP contribution in [0.3, 0.4) is 0 Å². The molecule has 0 spiro atoms. The number of hydrogen-bond acceptors (Lipinski definition) is 6. The number of fused-ring (bicyclic) bond motifs is 1. The number of H-pyrrole nitrogens is 1. The second kappa shape index (κ2) is 8.99. The van der Waals surface area contributed by atoms with Gasteiger partial charge in [-0.25, -0.2) is 19.5 Å². The van der Waals surface area contributed by atoms with E-state index in [-0.39, 0.29) is 5.56 Å². The minimum absolute atomic E-state index is 0.316. The third-order valence-corrected chi connectivity index (χ3v) is 5.92. The van der Waals surface area contributed by atoms with E-state index in [2.05, 4.69) is 38.2 Å². The van der Waals surface area contributed by atoms with Crippen molar-refractivity contribution in [3.63, 3.8) is 0 Å². The maximum Gasteiger partial charge on any atom is 0.264 e. The Morgan fingerprint density at radius 3 is 2.68 bits per heavy atom. The molecule has 0 unspecified atom stereocenters. The molecular formula is C26H22FN5O2. The lowest BCUT2D eigenvalue weighted by Gasteiger charge is -2.29. The Labute approximate surface area is 195 Å². The molecule has 5 rings (SSSR count). The Hall–Kier alpha value is -4.17. The lowest BCUT2D eigenvalue weighted by molar-refractivity contribution is 0.122. The van der Waals surface area contributed by atoms with Gasteiger partial charge in [0.05, 0.1) is 30.1 Å². The first-order valence-electron chi connectivity index (χ1n) is 10.8. The first-order chi connectivity index (χ1) is 16.5. The molecule has 4 aromatic rings. The number of halogens is 1. The molecule has 1 aliphatic rings. The van der Waals surface area contributed by atoms with Crippen molar-refractivity contribution < 1.29 is 9.13 Å². The van der Waals surface area contributed by atoms with E-state index >= 15 is 4.39 Å². The monoisotopic (exact) mass is 455 g/mol. The van der Waals surface area contributed by atoms with E-state index in [1.54, 1.807) is 18.2 Å². The molecule has 1 N–H and O–H groups in total. The highest BCUT2D eigenvalue weighted by molar-refractivity contribution is 5.95. The molecule has 1 saturated heterocycles. The highest BCUT2D eigenvalue weighted by atomic mass is 19.1. The van der Waals surface area contributed by atoms with Crippen LogP contribution < -0.4 is 10.5 Å². The largest absolute Gasteiger partial charge is 0.378 e.